The molecule has 0 radical (unpaired) electrons. The summed E-state index contributed by atoms with van der Waals surface area (Å²) in [6.07, 6.45) is 0. The van der Waals surface area contributed by atoms with Gasteiger partial charge in [-0.05, 0) is 12.5 Å². The molecule has 0 saturated heterocycles. The molecule has 80 valence electrons. The molecule has 0 amide bonds. The molecule has 0 fully saturated rings. The summed E-state index contributed by atoms with van der Waals surface area (Å²) in [4.78, 5) is 10.4. The molecule has 1 aromatic rings. The first kappa shape index (κ1) is 11.5. The molecule has 0 atom stereocenters. The molecule has 15 heavy (non-hydrogen) atoms. The third-order valence-electron chi connectivity index (χ3n) is 1.78. The maximum Gasteiger partial charge on any atom is 0.205 e. The summed E-state index contributed by atoms with van der Waals surface area (Å²) in [6.45, 7) is 2.92. The largest absolute Gasteiger partial charge is 0.485 e. The smallest absolute Gasteiger partial charge is 0.205 e. The van der Waals surface area contributed by atoms with Crippen molar-refractivity contribution in [2.75, 3.05) is 13.2 Å². The Morgan fingerprint density at radius 2 is 2.07 bits per heavy atom. The summed E-state index contributed by atoms with van der Waals surface area (Å²) < 4.78 is 10.3. The van der Waals surface area contributed by atoms with Crippen molar-refractivity contribution in [1.29, 1.82) is 0 Å². The normalized spacial score (nSPS) is 9.40. The Balaban J connectivity index is 2.30. The number of carbonyl (C=O) groups excluding carboxylic acids is 1. The van der Waals surface area contributed by atoms with Crippen molar-refractivity contribution < 1.29 is 14.3 Å². The Morgan fingerprint density at radius 3 is 2.67 bits per heavy atom. The van der Waals surface area contributed by atoms with E-state index in [1.807, 2.05) is 37.3 Å². The second kappa shape index (κ2) is 6.82. The van der Waals surface area contributed by atoms with Gasteiger partial charge in [-0.1, -0.05) is 30.3 Å². The monoisotopic (exact) mass is 206 g/mol. The second-order valence-corrected chi connectivity index (χ2v) is 2.94. The topological polar surface area (TPSA) is 35.5 Å². The second-order valence-electron chi connectivity index (χ2n) is 2.94. The summed E-state index contributed by atoms with van der Waals surface area (Å²) in [5.74, 6) is 1.92. The molecule has 1 aromatic carbocycles. The molecular weight excluding hydrogens is 192 g/mol. The van der Waals surface area contributed by atoms with E-state index in [0.29, 0.717) is 13.2 Å². The maximum atomic E-state index is 10.4. The lowest BCUT2D eigenvalue weighted by Gasteiger charge is -2.05. The van der Waals surface area contributed by atoms with Crippen molar-refractivity contribution in [2.24, 2.45) is 0 Å². The molecule has 1 rings (SSSR count). The van der Waals surface area contributed by atoms with Crippen LogP contribution in [0, 0.1) is 0 Å². The summed E-state index contributed by atoms with van der Waals surface area (Å²) in [5, 5.41) is 0. The van der Waals surface area contributed by atoms with Gasteiger partial charge >= 0.3 is 0 Å². The molecule has 3 heteroatoms. The lowest BCUT2D eigenvalue weighted by molar-refractivity contribution is 0.0940. The van der Waals surface area contributed by atoms with Gasteiger partial charge in [0.25, 0.3) is 0 Å². The van der Waals surface area contributed by atoms with E-state index in [1.165, 1.54) is 0 Å². The van der Waals surface area contributed by atoms with Gasteiger partial charge in [0.2, 0.25) is 5.76 Å². The molecular formula is C12H14O3. The first-order chi connectivity index (χ1) is 7.36. The number of hydrogen-bond donors (Lipinski definition) is 0. The molecule has 0 aliphatic carbocycles. The predicted molar refractivity (Wildman–Crippen MR) is 56.9 cm³/mol. The van der Waals surface area contributed by atoms with Crippen LogP contribution in [0.1, 0.15) is 12.5 Å². The van der Waals surface area contributed by atoms with E-state index in [2.05, 4.69) is 0 Å². The van der Waals surface area contributed by atoms with Gasteiger partial charge in [0.1, 0.15) is 6.61 Å². The van der Waals surface area contributed by atoms with Crippen LogP contribution in [-0.4, -0.2) is 19.2 Å². The minimum atomic E-state index is 0.173. The Kier molecular flexibility index (Phi) is 5.23. The van der Waals surface area contributed by atoms with Gasteiger partial charge in [-0.3, -0.25) is 0 Å². The molecule has 0 saturated carbocycles. The van der Waals surface area contributed by atoms with Gasteiger partial charge in [-0.2, -0.15) is 0 Å². The molecule has 0 heterocycles. The fraction of sp³-hybridized carbons (Fsp3) is 0.333. The quantitative estimate of drug-likeness (QED) is 0.527. The summed E-state index contributed by atoms with van der Waals surface area (Å²) in [5.41, 5.74) is 1.07. The zero-order chi connectivity index (χ0) is 10.9. The zero-order valence-electron chi connectivity index (χ0n) is 8.73. The van der Waals surface area contributed by atoms with E-state index in [0.717, 1.165) is 5.56 Å². The van der Waals surface area contributed by atoms with Crippen molar-refractivity contribution in [3.8, 4) is 0 Å². The Labute approximate surface area is 89.3 Å². The van der Waals surface area contributed by atoms with Crippen LogP contribution in [0.5, 0.6) is 0 Å². The van der Waals surface area contributed by atoms with Gasteiger partial charge in [0.15, 0.2) is 5.94 Å². The predicted octanol–water partition coefficient (Wildman–Crippen LogP) is 1.96. The van der Waals surface area contributed by atoms with Crippen molar-refractivity contribution in [2.45, 2.75) is 13.5 Å². The van der Waals surface area contributed by atoms with Crippen LogP contribution in [-0.2, 0) is 20.9 Å². The van der Waals surface area contributed by atoms with Gasteiger partial charge in [0, 0.05) is 0 Å². The molecule has 0 N–H and O–H groups in total. The highest BCUT2D eigenvalue weighted by molar-refractivity contribution is 5.49. The highest BCUT2D eigenvalue weighted by Crippen LogP contribution is 2.02. The fourth-order valence-corrected chi connectivity index (χ4v) is 1.11. The number of benzene rings is 1. The molecule has 0 aromatic heterocycles. The van der Waals surface area contributed by atoms with Crippen LogP contribution in [0.4, 0.5) is 0 Å². The van der Waals surface area contributed by atoms with Crippen LogP contribution in [0.25, 0.3) is 0 Å². The number of hydrogen-bond acceptors (Lipinski definition) is 3. The molecule has 0 unspecified atom stereocenters. The SMILES string of the molecule is CCOC(=C=O)COCc1ccccc1. The summed E-state index contributed by atoms with van der Waals surface area (Å²) >= 11 is 0. The third kappa shape index (κ3) is 4.45. The number of ether oxygens (including phenoxy) is 2. The van der Waals surface area contributed by atoms with E-state index in [-0.39, 0.29) is 12.4 Å². The van der Waals surface area contributed by atoms with Crippen molar-refractivity contribution >= 4 is 5.94 Å². The van der Waals surface area contributed by atoms with Crippen LogP contribution in [0.2, 0.25) is 0 Å². The molecule has 0 bridgehead atoms. The van der Waals surface area contributed by atoms with E-state index in [9.17, 15) is 4.79 Å². The van der Waals surface area contributed by atoms with Crippen LogP contribution < -0.4 is 0 Å². The lowest BCUT2D eigenvalue weighted by atomic mass is 10.2. The molecule has 0 aliphatic rings. The van der Waals surface area contributed by atoms with Gasteiger partial charge in [0.05, 0.1) is 13.2 Å². The van der Waals surface area contributed by atoms with Gasteiger partial charge in [-0.25, -0.2) is 4.79 Å². The van der Waals surface area contributed by atoms with Gasteiger partial charge < -0.3 is 9.47 Å². The standard InChI is InChI=1S/C12H14O3/c1-2-15-12(8-13)10-14-9-11-6-4-3-5-7-11/h3-7H,2,9-10H2,1H3. The zero-order valence-corrected chi connectivity index (χ0v) is 8.73. The van der Waals surface area contributed by atoms with Crippen molar-refractivity contribution in [3.05, 3.63) is 41.7 Å². The highest BCUT2D eigenvalue weighted by Gasteiger charge is 1.99. The summed E-state index contributed by atoms with van der Waals surface area (Å²) in [7, 11) is 0. The maximum absolute atomic E-state index is 10.4. The Morgan fingerprint density at radius 1 is 1.33 bits per heavy atom. The van der Waals surface area contributed by atoms with E-state index >= 15 is 0 Å². The van der Waals surface area contributed by atoms with Crippen molar-refractivity contribution in [3.63, 3.8) is 0 Å². The fourth-order valence-electron chi connectivity index (χ4n) is 1.11. The van der Waals surface area contributed by atoms with Crippen molar-refractivity contribution in [1.82, 2.24) is 0 Å². The summed E-state index contributed by atoms with van der Waals surface area (Å²) in [6, 6.07) is 9.76. The Bertz CT molecular complexity index is 326. The Hall–Kier alpha value is -1.57. The van der Waals surface area contributed by atoms with Crippen LogP contribution in [0.3, 0.4) is 0 Å². The molecule has 0 spiro atoms. The highest BCUT2D eigenvalue weighted by atomic mass is 16.5. The minimum absolute atomic E-state index is 0.173. The van der Waals surface area contributed by atoms with Crippen LogP contribution >= 0.6 is 0 Å². The van der Waals surface area contributed by atoms with Crippen LogP contribution in [0.15, 0.2) is 36.1 Å². The van der Waals surface area contributed by atoms with E-state index < -0.39 is 0 Å². The van der Waals surface area contributed by atoms with Gasteiger partial charge in [-0.15, -0.1) is 0 Å². The first-order valence-corrected chi connectivity index (χ1v) is 4.85. The average Bonchev–Trinajstić information content (AvgIpc) is 2.29. The molecule has 3 nitrogen and oxygen atoms in total. The number of rotatable bonds is 6. The first-order valence-electron chi connectivity index (χ1n) is 4.85. The van der Waals surface area contributed by atoms with E-state index in [1.54, 1.807) is 5.94 Å². The minimum Gasteiger partial charge on any atom is -0.485 e. The van der Waals surface area contributed by atoms with E-state index in [4.69, 9.17) is 9.47 Å². The molecule has 0 aliphatic heterocycles. The lowest BCUT2D eigenvalue weighted by Crippen LogP contribution is -2.03. The third-order valence-corrected chi connectivity index (χ3v) is 1.78. The average molecular weight is 206 g/mol.